The quantitative estimate of drug-likeness (QED) is 0.909. The van der Waals surface area contributed by atoms with Crippen LogP contribution in [0.15, 0.2) is 10.8 Å². The summed E-state index contributed by atoms with van der Waals surface area (Å²) in [5, 5.41) is 2.70. The second-order valence-corrected chi connectivity index (χ2v) is 5.77. The smallest absolute Gasteiger partial charge is 0.291 e. The molecule has 3 rings (SSSR count). The Labute approximate surface area is 121 Å². The van der Waals surface area contributed by atoms with Crippen LogP contribution in [-0.4, -0.2) is 46.5 Å². The minimum atomic E-state index is -1.87. The molecule has 1 saturated heterocycles. The van der Waals surface area contributed by atoms with E-state index in [-0.39, 0.29) is 43.6 Å². The van der Waals surface area contributed by atoms with Crippen LogP contribution in [0.3, 0.4) is 0 Å². The average molecular weight is 295 g/mol. The van der Waals surface area contributed by atoms with Crippen LogP contribution in [0.1, 0.15) is 41.9 Å². The van der Waals surface area contributed by atoms with Gasteiger partial charge in [0.25, 0.3) is 11.8 Å². The van der Waals surface area contributed by atoms with Crippen molar-refractivity contribution in [2.24, 2.45) is 0 Å². The number of hydrogen-bond donors (Lipinski definition) is 1. The number of amides is 2. The topological polar surface area (TPSA) is 75.4 Å². The summed E-state index contributed by atoms with van der Waals surface area (Å²) in [5.41, 5.74) is -1.35. The summed E-state index contributed by atoms with van der Waals surface area (Å²) in [5.74, 6) is -0.647. The van der Waals surface area contributed by atoms with Crippen molar-refractivity contribution in [3.05, 3.63) is 17.8 Å². The van der Waals surface area contributed by atoms with Crippen LogP contribution in [0.25, 0.3) is 0 Å². The fourth-order valence-electron chi connectivity index (χ4n) is 2.48. The maximum Gasteiger partial charge on any atom is 0.291 e. The van der Waals surface area contributed by atoms with Gasteiger partial charge in [0.1, 0.15) is 0 Å². The number of carbonyl (C=O) groups excluding carboxylic acids is 2. The molecule has 21 heavy (non-hydrogen) atoms. The molecule has 2 heterocycles. The van der Waals surface area contributed by atoms with Gasteiger partial charge in [0.05, 0.1) is 5.69 Å². The van der Waals surface area contributed by atoms with Crippen LogP contribution in [-0.2, 0) is 4.79 Å². The molecule has 1 aliphatic carbocycles. The Hall–Kier alpha value is -1.92. The molecule has 1 saturated carbocycles. The zero-order valence-electron chi connectivity index (χ0n) is 11.9. The van der Waals surface area contributed by atoms with E-state index in [4.69, 9.17) is 4.42 Å². The number of rotatable bonds is 3. The summed E-state index contributed by atoms with van der Waals surface area (Å²) in [7, 11) is 0. The lowest BCUT2D eigenvalue weighted by Crippen LogP contribution is -2.52. The van der Waals surface area contributed by atoms with Gasteiger partial charge in [0, 0.05) is 32.0 Å². The van der Waals surface area contributed by atoms with E-state index < -0.39 is 11.6 Å². The van der Waals surface area contributed by atoms with Crippen LogP contribution in [0, 0.1) is 6.92 Å². The van der Waals surface area contributed by atoms with Crippen LogP contribution in [0.2, 0.25) is 0 Å². The van der Waals surface area contributed by atoms with Gasteiger partial charge in [-0.2, -0.15) is 0 Å². The molecule has 1 aromatic rings. The number of nitrogens with zero attached hydrogens (tertiary/aromatic N) is 2. The van der Waals surface area contributed by atoms with Gasteiger partial charge in [-0.15, -0.1) is 0 Å². The second kappa shape index (κ2) is 5.13. The maximum absolute atomic E-state index is 14.6. The number of aryl methyl sites for hydroxylation is 1. The second-order valence-electron chi connectivity index (χ2n) is 5.77. The Bertz CT molecular complexity index is 560. The summed E-state index contributed by atoms with van der Waals surface area (Å²) < 4.78 is 19.7. The van der Waals surface area contributed by atoms with Gasteiger partial charge in [0.15, 0.2) is 12.1 Å². The Kier molecular flexibility index (Phi) is 3.43. The van der Waals surface area contributed by atoms with Crippen LogP contribution < -0.4 is 5.32 Å². The predicted molar refractivity (Wildman–Crippen MR) is 71.4 cm³/mol. The van der Waals surface area contributed by atoms with Crippen molar-refractivity contribution in [1.29, 1.82) is 0 Å². The molecule has 0 atom stereocenters. The number of carbonyl (C=O) groups is 2. The molecule has 1 aliphatic heterocycles. The molecule has 1 N–H and O–H groups in total. The molecule has 6 nitrogen and oxygen atoms in total. The summed E-state index contributed by atoms with van der Waals surface area (Å²) in [4.78, 5) is 29.5. The third-order valence-electron chi connectivity index (χ3n) is 4.10. The van der Waals surface area contributed by atoms with E-state index >= 15 is 0 Å². The summed E-state index contributed by atoms with van der Waals surface area (Å²) >= 11 is 0. The largest absolute Gasteiger partial charge is 0.438 e. The van der Waals surface area contributed by atoms with Gasteiger partial charge in [-0.3, -0.25) is 9.59 Å². The van der Waals surface area contributed by atoms with Crippen molar-refractivity contribution in [2.45, 2.75) is 44.3 Å². The number of halogens is 1. The molecule has 0 spiro atoms. The highest BCUT2D eigenvalue weighted by Gasteiger charge is 2.44. The third kappa shape index (κ3) is 2.77. The third-order valence-corrected chi connectivity index (χ3v) is 4.10. The van der Waals surface area contributed by atoms with E-state index in [0.29, 0.717) is 5.69 Å². The van der Waals surface area contributed by atoms with Gasteiger partial charge in [-0.05, 0) is 19.8 Å². The highest BCUT2D eigenvalue weighted by molar-refractivity contribution is 5.93. The van der Waals surface area contributed by atoms with Crippen LogP contribution >= 0.6 is 0 Å². The van der Waals surface area contributed by atoms with Gasteiger partial charge < -0.3 is 14.6 Å². The lowest BCUT2D eigenvalue weighted by atomic mass is 9.92. The monoisotopic (exact) mass is 295 g/mol. The molecule has 0 bridgehead atoms. The highest BCUT2D eigenvalue weighted by atomic mass is 19.1. The van der Waals surface area contributed by atoms with Gasteiger partial charge in [-0.1, -0.05) is 0 Å². The number of alkyl halides is 1. The van der Waals surface area contributed by atoms with Crippen molar-refractivity contribution >= 4 is 11.8 Å². The van der Waals surface area contributed by atoms with Crippen molar-refractivity contribution < 1.29 is 18.4 Å². The van der Waals surface area contributed by atoms with E-state index in [1.54, 1.807) is 6.92 Å². The average Bonchev–Trinajstić information content (AvgIpc) is 3.18. The lowest BCUT2D eigenvalue weighted by molar-refractivity contribution is -0.135. The molecule has 0 radical (unpaired) electrons. The molecule has 2 fully saturated rings. The number of oxazole rings is 1. The molecular weight excluding hydrogens is 277 g/mol. The Morgan fingerprint density at radius 1 is 1.43 bits per heavy atom. The fraction of sp³-hybridized carbons (Fsp3) is 0.643. The van der Waals surface area contributed by atoms with Crippen molar-refractivity contribution in [3.8, 4) is 0 Å². The predicted octanol–water partition coefficient (Wildman–Crippen LogP) is 1.21. The van der Waals surface area contributed by atoms with E-state index in [1.165, 1.54) is 11.3 Å². The molecule has 7 heteroatoms. The molecule has 2 aliphatic rings. The van der Waals surface area contributed by atoms with E-state index in [0.717, 1.165) is 12.8 Å². The summed E-state index contributed by atoms with van der Waals surface area (Å²) in [6.07, 6.45) is 3.11. The van der Waals surface area contributed by atoms with Gasteiger partial charge in [-0.25, -0.2) is 9.37 Å². The minimum Gasteiger partial charge on any atom is -0.438 e. The Balaban J connectivity index is 1.60. The van der Waals surface area contributed by atoms with Gasteiger partial charge >= 0.3 is 0 Å². The number of piperidine rings is 1. The maximum atomic E-state index is 14.6. The van der Waals surface area contributed by atoms with Crippen LogP contribution in [0.5, 0.6) is 0 Å². The summed E-state index contributed by atoms with van der Waals surface area (Å²) in [6.45, 7) is 2.09. The zero-order chi connectivity index (χ0) is 15.0. The minimum absolute atomic E-state index is 0.0183. The molecule has 0 aromatic carbocycles. The number of likely N-dealkylation sites (tertiary alicyclic amines) is 1. The first-order chi connectivity index (χ1) is 9.99. The SMILES string of the molecule is Cc1ncoc1C(=O)N1CCC(F)(C(=O)NC2CC2)CC1. The molecule has 114 valence electrons. The zero-order valence-corrected chi connectivity index (χ0v) is 11.9. The molecular formula is C14H18FN3O3. The Morgan fingerprint density at radius 2 is 2.10 bits per heavy atom. The van der Waals surface area contributed by atoms with Crippen molar-refractivity contribution in [2.75, 3.05) is 13.1 Å². The van der Waals surface area contributed by atoms with E-state index in [9.17, 15) is 14.0 Å². The number of nitrogens with one attached hydrogen (secondary N) is 1. The van der Waals surface area contributed by atoms with E-state index in [2.05, 4.69) is 10.3 Å². The molecule has 0 unspecified atom stereocenters. The van der Waals surface area contributed by atoms with Crippen LogP contribution in [0.4, 0.5) is 4.39 Å². The van der Waals surface area contributed by atoms with E-state index in [1.807, 2.05) is 0 Å². The first-order valence-corrected chi connectivity index (χ1v) is 7.19. The van der Waals surface area contributed by atoms with Gasteiger partial charge in [0.2, 0.25) is 5.76 Å². The standard InChI is InChI=1S/C14H18FN3O3/c1-9-11(21-8-16-9)12(19)18-6-4-14(15,5-7-18)13(20)17-10-2-3-10/h8,10H,2-7H2,1H3,(H,17,20). The normalized spacial score (nSPS) is 21.1. The Morgan fingerprint density at radius 3 is 2.62 bits per heavy atom. The van der Waals surface area contributed by atoms with Crippen molar-refractivity contribution in [1.82, 2.24) is 15.2 Å². The first kappa shape index (κ1) is 14.0. The number of hydrogen-bond acceptors (Lipinski definition) is 4. The number of aromatic nitrogens is 1. The lowest BCUT2D eigenvalue weighted by Gasteiger charge is -2.35. The molecule has 2 amide bonds. The highest BCUT2D eigenvalue weighted by Crippen LogP contribution is 2.29. The molecule has 1 aromatic heterocycles. The summed E-state index contributed by atoms with van der Waals surface area (Å²) in [6, 6.07) is 0.140. The fourth-order valence-corrected chi connectivity index (χ4v) is 2.48. The van der Waals surface area contributed by atoms with Crippen molar-refractivity contribution in [3.63, 3.8) is 0 Å². The first-order valence-electron chi connectivity index (χ1n) is 7.19.